The van der Waals surface area contributed by atoms with Crippen LogP contribution in [-0.4, -0.2) is 35.5 Å². The van der Waals surface area contributed by atoms with E-state index in [0.29, 0.717) is 0 Å². The highest BCUT2D eigenvalue weighted by molar-refractivity contribution is 7.57. The van der Waals surface area contributed by atoms with Crippen LogP contribution in [0.5, 0.6) is 0 Å². The molecule has 0 bridgehead atoms. The van der Waals surface area contributed by atoms with E-state index >= 15 is 0 Å². The molecule has 0 radical (unpaired) electrons. The van der Waals surface area contributed by atoms with Crippen molar-refractivity contribution in [2.75, 3.05) is 12.8 Å². The summed E-state index contributed by atoms with van der Waals surface area (Å²) in [6.07, 6.45) is 0.239. The molecule has 2 atom stereocenters. The average molecular weight is 205 g/mol. The lowest BCUT2D eigenvalue weighted by molar-refractivity contribution is -0.122. The van der Waals surface area contributed by atoms with Gasteiger partial charge < -0.3 is 10.2 Å². The Morgan fingerprint density at radius 3 is 2.62 bits per heavy atom. The Morgan fingerprint density at radius 1 is 1.62 bits per heavy atom. The van der Waals surface area contributed by atoms with Crippen molar-refractivity contribution >= 4 is 19.1 Å². The third kappa shape index (κ3) is 3.28. The van der Waals surface area contributed by atoms with E-state index in [4.69, 9.17) is 4.89 Å². The summed E-state index contributed by atoms with van der Waals surface area (Å²) < 4.78 is 10.9. The monoisotopic (exact) mass is 205 g/mol. The number of Topliss-reactive ketones (excluding diaryl/α,β-unsaturated/α-hetero) is 1. The Labute approximate surface area is 76.0 Å². The first-order valence-corrected chi connectivity index (χ1v) is 6.29. The SMILES string of the molecule is CP(=O)(O)CCC1NC(=O)CC1=O. The van der Waals surface area contributed by atoms with Gasteiger partial charge in [-0.3, -0.25) is 14.2 Å². The van der Waals surface area contributed by atoms with Crippen LogP contribution in [0.25, 0.3) is 0 Å². The van der Waals surface area contributed by atoms with E-state index in [1.165, 1.54) is 6.66 Å². The van der Waals surface area contributed by atoms with Crippen molar-refractivity contribution in [3.63, 3.8) is 0 Å². The first-order chi connectivity index (χ1) is 5.88. The van der Waals surface area contributed by atoms with Gasteiger partial charge in [0.05, 0.1) is 12.5 Å². The number of hydrogen-bond acceptors (Lipinski definition) is 3. The Morgan fingerprint density at radius 2 is 2.23 bits per heavy atom. The molecule has 0 saturated carbocycles. The molecule has 1 rings (SSSR count). The second kappa shape index (κ2) is 3.60. The molecule has 1 saturated heterocycles. The van der Waals surface area contributed by atoms with Gasteiger partial charge in [-0.1, -0.05) is 0 Å². The van der Waals surface area contributed by atoms with Crippen molar-refractivity contribution in [2.45, 2.75) is 18.9 Å². The molecule has 0 aliphatic carbocycles. The van der Waals surface area contributed by atoms with Crippen LogP contribution in [0.3, 0.4) is 0 Å². The summed E-state index contributed by atoms with van der Waals surface area (Å²) in [6, 6.07) is -0.548. The van der Waals surface area contributed by atoms with Gasteiger partial charge in [0.25, 0.3) is 0 Å². The minimum absolute atomic E-state index is 0.0731. The summed E-state index contributed by atoms with van der Waals surface area (Å²) in [7, 11) is -3.07. The minimum Gasteiger partial charge on any atom is -0.346 e. The second-order valence-electron chi connectivity index (χ2n) is 3.33. The van der Waals surface area contributed by atoms with Crippen LogP contribution >= 0.6 is 7.37 Å². The van der Waals surface area contributed by atoms with Crippen molar-refractivity contribution in [1.82, 2.24) is 5.32 Å². The van der Waals surface area contributed by atoms with Gasteiger partial charge in [-0.25, -0.2) is 0 Å². The normalized spacial score (nSPS) is 27.1. The quantitative estimate of drug-likeness (QED) is 0.491. The van der Waals surface area contributed by atoms with Gasteiger partial charge in [-0.05, 0) is 6.42 Å². The van der Waals surface area contributed by atoms with Gasteiger partial charge >= 0.3 is 0 Å². The standard InChI is InChI=1S/C7H12NO4P/c1-13(11,12)3-2-5-6(9)4-7(10)8-5/h5H,2-4H2,1H3,(H,8,10)(H,11,12). The molecule has 6 heteroatoms. The molecular weight excluding hydrogens is 193 g/mol. The number of ketones is 1. The highest BCUT2D eigenvalue weighted by atomic mass is 31.2. The van der Waals surface area contributed by atoms with Gasteiger partial charge in [-0.15, -0.1) is 0 Å². The number of hydrogen-bond donors (Lipinski definition) is 2. The molecule has 1 aliphatic rings. The maximum absolute atomic E-state index is 11.0. The zero-order chi connectivity index (χ0) is 10.1. The van der Waals surface area contributed by atoms with Gasteiger partial charge in [-0.2, -0.15) is 0 Å². The zero-order valence-electron chi connectivity index (χ0n) is 7.32. The van der Waals surface area contributed by atoms with Crippen LogP contribution in [0.1, 0.15) is 12.8 Å². The first-order valence-electron chi connectivity index (χ1n) is 4.00. The molecule has 0 spiro atoms. The topological polar surface area (TPSA) is 83.5 Å². The van der Waals surface area contributed by atoms with E-state index in [2.05, 4.69) is 5.32 Å². The predicted octanol–water partition coefficient (Wildman–Crippen LogP) is -0.266. The maximum atomic E-state index is 11.0. The second-order valence-corrected chi connectivity index (χ2v) is 5.88. The van der Waals surface area contributed by atoms with Gasteiger partial charge in [0.15, 0.2) is 13.2 Å². The van der Waals surface area contributed by atoms with E-state index in [-0.39, 0.29) is 30.7 Å². The zero-order valence-corrected chi connectivity index (χ0v) is 8.21. The molecule has 2 N–H and O–H groups in total. The van der Waals surface area contributed by atoms with Crippen molar-refractivity contribution in [3.05, 3.63) is 0 Å². The molecule has 1 amide bonds. The number of carbonyl (C=O) groups is 2. The van der Waals surface area contributed by atoms with Crippen molar-refractivity contribution in [2.24, 2.45) is 0 Å². The maximum Gasteiger partial charge on any atom is 0.228 e. The van der Waals surface area contributed by atoms with Crippen molar-refractivity contribution in [1.29, 1.82) is 0 Å². The lowest BCUT2D eigenvalue weighted by Gasteiger charge is -2.09. The summed E-state index contributed by atoms with van der Waals surface area (Å²) in [5.74, 6) is -0.475. The van der Waals surface area contributed by atoms with E-state index in [1.54, 1.807) is 0 Å². The summed E-state index contributed by atoms with van der Waals surface area (Å²) in [4.78, 5) is 30.7. The third-order valence-electron chi connectivity index (χ3n) is 1.89. The van der Waals surface area contributed by atoms with Crippen LogP contribution in [0.15, 0.2) is 0 Å². The van der Waals surface area contributed by atoms with Crippen molar-refractivity contribution in [3.8, 4) is 0 Å². The predicted molar refractivity (Wildman–Crippen MR) is 46.8 cm³/mol. The Bertz CT molecular complexity index is 282. The number of rotatable bonds is 3. The van der Waals surface area contributed by atoms with E-state index in [0.717, 1.165) is 0 Å². The molecule has 5 nitrogen and oxygen atoms in total. The molecule has 0 aromatic carbocycles. The number of carbonyl (C=O) groups excluding carboxylic acids is 2. The fraction of sp³-hybridized carbons (Fsp3) is 0.714. The lowest BCUT2D eigenvalue weighted by atomic mass is 10.1. The molecule has 1 aliphatic heterocycles. The minimum atomic E-state index is -3.07. The van der Waals surface area contributed by atoms with Crippen LogP contribution in [-0.2, 0) is 14.2 Å². The van der Waals surface area contributed by atoms with E-state index in [1.807, 2.05) is 0 Å². The molecule has 1 fully saturated rings. The summed E-state index contributed by atoms with van der Waals surface area (Å²) in [5, 5.41) is 2.46. The van der Waals surface area contributed by atoms with Crippen LogP contribution in [0.4, 0.5) is 0 Å². The average Bonchev–Trinajstić information content (AvgIpc) is 2.24. The fourth-order valence-corrected chi connectivity index (χ4v) is 1.95. The fourth-order valence-electron chi connectivity index (χ4n) is 1.21. The van der Waals surface area contributed by atoms with Crippen LogP contribution in [0.2, 0.25) is 0 Å². The molecule has 1 heterocycles. The number of amides is 1. The van der Waals surface area contributed by atoms with Crippen molar-refractivity contribution < 1.29 is 19.0 Å². The number of nitrogens with one attached hydrogen (secondary N) is 1. The Kier molecular flexibility index (Phi) is 2.88. The van der Waals surface area contributed by atoms with Gasteiger partial charge in [0.2, 0.25) is 5.91 Å². The highest BCUT2D eigenvalue weighted by Gasteiger charge is 2.30. The smallest absolute Gasteiger partial charge is 0.228 e. The van der Waals surface area contributed by atoms with Crippen LogP contribution < -0.4 is 5.32 Å². The Hall–Kier alpha value is -0.670. The highest BCUT2D eigenvalue weighted by Crippen LogP contribution is 2.36. The Balaban J connectivity index is 2.43. The van der Waals surface area contributed by atoms with Gasteiger partial charge in [0.1, 0.15) is 0 Å². The van der Waals surface area contributed by atoms with Crippen LogP contribution in [0, 0.1) is 0 Å². The summed E-state index contributed by atoms with van der Waals surface area (Å²) in [6.45, 7) is 1.24. The first kappa shape index (κ1) is 10.4. The summed E-state index contributed by atoms with van der Waals surface area (Å²) >= 11 is 0. The molecule has 74 valence electrons. The molecule has 2 unspecified atom stereocenters. The molecule has 0 aromatic heterocycles. The van der Waals surface area contributed by atoms with E-state index < -0.39 is 13.4 Å². The molecular formula is C7H12NO4P. The van der Waals surface area contributed by atoms with Gasteiger partial charge in [0, 0.05) is 12.8 Å². The lowest BCUT2D eigenvalue weighted by Crippen LogP contribution is -2.29. The molecule has 13 heavy (non-hydrogen) atoms. The summed E-state index contributed by atoms with van der Waals surface area (Å²) in [5.41, 5.74) is 0. The molecule has 0 aromatic rings. The largest absolute Gasteiger partial charge is 0.346 e. The van der Waals surface area contributed by atoms with E-state index in [9.17, 15) is 14.2 Å². The third-order valence-corrected chi connectivity index (χ3v) is 2.98.